The first kappa shape index (κ1) is 12.5. The van der Waals surface area contributed by atoms with E-state index in [0.29, 0.717) is 0 Å². The zero-order chi connectivity index (χ0) is 12.1. The first-order valence-electron chi connectivity index (χ1n) is 5.88. The van der Waals surface area contributed by atoms with E-state index in [4.69, 9.17) is 0 Å². The van der Waals surface area contributed by atoms with Crippen molar-refractivity contribution in [1.29, 1.82) is 0 Å². The van der Waals surface area contributed by atoms with Crippen LogP contribution in [0.4, 0.5) is 0 Å². The van der Waals surface area contributed by atoms with Gasteiger partial charge in [0, 0.05) is 18.8 Å². The summed E-state index contributed by atoms with van der Waals surface area (Å²) >= 11 is 1.74. The lowest BCUT2D eigenvalue weighted by Crippen LogP contribution is -2.48. The van der Waals surface area contributed by atoms with Crippen molar-refractivity contribution >= 4 is 17.7 Å². The van der Waals surface area contributed by atoms with Gasteiger partial charge in [0.1, 0.15) is 0 Å². The molecule has 1 aromatic carbocycles. The van der Waals surface area contributed by atoms with Crippen LogP contribution < -0.4 is 10.6 Å². The van der Waals surface area contributed by atoms with Gasteiger partial charge in [0.2, 0.25) is 5.91 Å². The number of thioether (sulfide) groups is 1. The highest BCUT2D eigenvalue weighted by Gasteiger charge is 2.23. The third-order valence-corrected chi connectivity index (χ3v) is 3.62. The van der Waals surface area contributed by atoms with E-state index in [1.807, 2.05) is 18.4 Å². The fourth-order valence-electron chi connectivity index (χ4n) is 2.04. The normalized spacial score (nSPS) is 18.5. The van der Waals surface area contributed by atoms with Gasteiger partial charge in [-0.25, -0.2) is 0 Å². The first-order chi connectivity index (χ1) is 8.31. The van der Waals surface area contributed by atoms with Crippen LogP contribution in [0.3, 0.4) is 0 Å². The zero-order valence-corrected chi connectivity index (χ0v) is 10.8. The summed E-state index contributed by atoms with van der Waals surface area (Å²) < 4.78 is 0. The molecule has 1 aliphatic heterocycles. The molecule has 1 heterocycles. The lowest BCUT2D eigenvalue weighted by molar-refractivity contribution is -0.123. The van der Waals surface area contributed by atoms with Crippen LogP contribution in [0.1, 0.15) is 11.1 Å². The molecule has 0 aliphatic carbocycles. The molecule has 3 nitrogen and oxygen atoms in total. The van der Waals surface area contributed by atoms with E-state index in [2.05, 4.69) is 22.8 Å². The van der Waals surface area contributed by atoms with Crippen molar-refractivity contribution in [3.05, 3.63) is 35.4 Å². The van der Waals surface area contributed by atoms with Crippen molar-refractivity contribution in [1.82, 2.24) is 10.6 Å². The average Bonchev–Trinajstić information content (AvgIpc) is 2.38. The van der Waals surface area contributed by atoms with Gasteiger partial charge in [0.15, 0.2) is 0 Å². The predicted octanol–water partition coefficient (Wildman–Crippen LogP) is 1.18. The highest BCUT2D eigenvalue weighted by atomic mass is 32.2. The largest absolute Gasteiger partial charge is 0.354 e. The number of hydrogen-bond acceptors (Lipinski definition) is 3. The van der Waals surface area contributed by atoms with Crippen LogP contribution in [0.2, 0.25) is 0 Å². The number of rotatable bonds is 4. The van der Waals surface area contributed by atoms with Gasteiger partial charge < -0.3 is 10.6 Å². The van der Waals surface area contributed by atoms with E-state index in [1.54, 1.807) is 11.8 Å². The Morgan fingerprint density at radius 2 is 2.24 bits per heavy atom. The molecule has 0 spiro atoms. The summed E-state index contributed by atoms with van der Waals surface area (Å²) in [6.45, 7) is 1.54. The summed E-state index contributed by atoms with van der Waals surface area (Å²) in [6, 6.07) is 8.22. The maximum Gasteiger partial charge on any atom is 0.237 e. The number of amides is 1. The second-order valence-corrected chi connectivity index (χ2v) is 5.18. The minimum Gasteiger partial charge on any atom is -0.354 e. The number of fused-ring (bicyclic) bond motifs is 1. The Kier molecular flexibility index (Phi) is 4.45. The lowest BCUT2D eigenvalue weighted by Gasteiger charge is -2.25. The molecule has 17 heavy (non-hydrogen) atoms. The summed E-state index contributed by atoms with van der Waals surface area (Å²) in [7, 11) is 0. The molecule has 0 saturated carbocycles. The van der Waals surface area contributed by atoms with Crippen molar-refractivity contribution in [2.24, 2.45) is 0 Å². The Morgan fingerprint density at radius 3 is 3.00 bits per heavy atom. The quantitative estimate of drug-likeness (QED) is 0.789. The number of carbonyl (C=O) groups is 1. The summed E-state index contributed by atoms with van der Waals surface area (Å²) in [6.07, 6.45) is 2.84. The summed E-state index contributed by atoms with van der Waals surface area (Å²) in [5.41, 5.74) is 2.59. The molecule has 92 valence electrons. The molecule has 1 aromatic rings. The maximum absolute atomic E-state index is 11.9. The molecule has 1 amide bonds. The van der Waals surface area contributed by atoms with Crippen molar-refractivity contribution in [3.63, 3.8) is 0 Å². The van der Waals surface area contributed by atoms with Crippen LogP contribution in [0, 0.1) is 0 Å². The SMILES string of the molecule is CSCCNC(=O)[C@@H]1Cc2ccccc2CN1. The molecule has 0 radical (unpaired) electrons. The molecule has 0 bridgehead atoms. The van der Waals surface area contributed by atoms with E-state index in [9.17, 15) is 4.79 Å². The van der Waals surface area contributed by atoms with Gasteiger partial charge in [0.05, 0.1) is 6.04 Å². The standard InChI is InChI=1S/C13H18N2OS/c1-17-7-6-14-13(16)12-8-10-4-2-3-5-11(10)9-15-12/h2-5,12,15H,6-9H2,1H3,(H,14,16)/t12-/m0/s1. The molecule has 0 saturated heterocycles. The molecule has 0 aromatic heterocycles. The number of nitrogens with one attached hydrogen (secondary N) is 2. The molecule has 4 heteroatoms. The zero-order valence-electron chi connectivity index (χ0n) is 10.0. The Bertz CT molecular complexity index is 395. The number of benzene rings is 1. The van der Waals surface area contributed by atoms with Crippen molar-refractivity contribution in [3.8, 4) is 0 Å². The topological polar surface area (TPSA) is 41.1 Å². The third kappa shape index (κ3) is 3.23. The Hall–Kier alpha value is -1.00. The highest BCUT2D eigenvalue weighted by Crippen LogP contribution is 2.16. The predicted molar refractivity (Wildman–Crippen MR) is 72.2 cm³/mol. The Labute approximate surface area is 106 Å². The number of carbonyl (C=O) groups excluding carboxylic acids is 1. The van der Waals surface area contributed by atoms with Crippen molar-refractivity contribution in [2.75, 3.05) is 18.6 Å². The van der Waals surface area contributed by atoms with Gasteiger partial charge >= 0.3 is 0 Å². The van der Waals surface area contributed by atoms with Crippen molar-refractivity contribution in [2.45, 2.75) is 19.0 Å². The van der Waals surface area contributed by atoms with E-state index in [0.717, 1.165) is 25.3 Å². The summed E-state index contributed by atoms with van der Waals surface area (Å²) in [5, 5.41) is 6.24. The van der Waals surface area contributed by atoms with Crippen LogP contribution in [0.5, 0.6) is 0 Å². The lowest BCUT2D eigenvalue weighted by atomic mass is 9.95. The molecule has 0 fully saturated rings. The molecule has 1 aliphatic rings. The second-order valence-electron chi connectivity index (χ2n) is 4.19. The van der Waals surface area contributed by atoms with Crippen LogP contribution >= 0.6 is 11.8 Å². The maximum atomic E-state index is 11.9. The van der Waals surface area contributed by atoms with Crippen LogP contribution in [-0.4, -0.2) is 30.5 Å². The van der Waals surface area contributed by atoms with Gasteiger partial charge in [-0.3, -0.25) is 4.79 Å². The molecule has 1 atom stereocenters. The summed E-state index contributed by atoms with van der Waals surface area (Å²) in [4.78, 5) is 11.9. The van der Waals surface area contributed by atoms with E-state index in [-0.39, 0.29) is 11.9 Å². The van der Waals surface area contributed by atoms with E-state index in [1.165, 1.54) is 11.1 Å². The van der Waals surface area contributed by atoms with Gasteiger partial charge in [-0.1, -0.05) is 24.3 Å². The molecular formula is C13H18N2OS. The van der Waals surface area contributed by atoms with Crippen LogP contribution in [0.25, 0.3) is 0 Å². The van der Waals surface area contributed by atoms with Gasteiger partial charge in [-0.15, -0.1) is 0 Å². The van der Waals surface area contributed by atoms with Crippen LogP contribution in [0.15, 0.2) is 24.3 Å². The monoisotopic (exact) mass is 250 g/mol. The molecule has 2 N–H and O–H groups in total. The minimum absolute atomic E-state index is 0.0771. The van der Waals surface area contributed by atoms with Gasteiger partial charge in [-0.05, 0) is 23.8 Å². The average molecular weight is 250 g/mol. The second kappa shape index (κ2) is 6.07. The van der Waals surface area contributed by atoms with E-state index >= 15 is 0 Å². The minimum atomic E-state index is -0.0771. The molecule has 2 rings (SSSR count). The third-order valence-electron chi connectivity index (χ3n) is 3.00. The molecular weight excluding hydrogens is 232 g/mol. The van der Waals surface area contributed by atoms with E-state index < -0.39 is 0 Å². The highest BCUT2D eigenvalue weighted by molar-refractivity contribution is 7.98. The fourth-order valence-corrected chi connectivity index (χ4v) is 2.35. The van der Waals surface area contributed by atoms with Gasteiger partial charge in [-0.2, -0.15) is 11.8 Å². The fraction of sp³-hybridized carbons (Fsp3) is 0.462. The van der Waals surface area contributed by atoms with Crippen molar-refractivity contribution < 1.29 is 4.79 Å². The Morgan fingerprint density at radius 1 is 1.47 bits per heavy atom. The molecule has 0 unspecified atom stereocenters. The van der Waals surface area contributed by atoms with Crippen LogP contribution in [-0.2, 0) is 17.8 Å². The first-order valence-corrected chi connectivity index (χ1v) is 7.27. The van der Waals surface area contributed by atoms with Gasteiger partial charge in [0.25, 0.3) is 0 Å². The number of hydrogen-bond donors (Lipinski definition) is 2. The Balaban J connectivity index is 1.91. The smallest absolute Gasteiger partial charge is 0.237 e. The summed E-state index contributed by atoms with van der Waals surface area (Å²) in [5.74, 6) is 1.09.